The number of benzene rings is 2. The smallest absolute Gasteiger partial charge is 0.319 e. The predicted octanol–water partition coefficient (Wildman–Crippen LogP) is 3.83. The monoisotopic (exact) mass is 517 g/mol. The van der Waals surface area contributed by atoms with Gasteiger partial charge in [0, 0.05) is 76.3 Å². The molecule has 2 fully saturated rings. The molecule has 10 heteroatoms. The lowest BCUT2D eigenvalue weighted by atomic mass is 10.1. The van der Waals surface area contributed by atoms with E-state index >= 15 is 0 Å². The van der Waals surface area contributed by atoms with Gasteiger partial charge in [0.1, 0.15) is 11.9 Å². The van der Waals surface area contributed by atoms with Gasteiger partial charge in [-0.25, -0.2) is 14.8 Å². The first-order valence-corrected chi connectivity index (χ1v) is 13.0. The molecular formula is C28H35N7O3. The van der Waals surface area contributed by atoms with Crippen LogP contribution in [-0.4, -0.2) is 85.4 Å². The van der Waals surface area contributed by atoms with Crippen molar-refractivity contribution in [1.82, 2.24) is 19.8 Å². The van der Waals surface area contributed by atoms with Crippen molar-refractivity contribution in [3.05, 3.63) is 54.7 Å². The third kappa shape index (κ3) is 6.08. The van der Waals surface area contributed by atoms with Crippen LogP contribution < -0.4 is 20.7 Å². The van der Waals surface area contributed by atoms with E-state index in [-0.39, 0.29) is 12.1 Å². The number of aromatic nitrogens is 2. The Morgan fingerprint density at radius 1 is 1.05 bits per heavy atom. The number of nitrogens with one attached hydrogen (secondary N) is 1. The van der Waals surface area contributed by atoms with Gasteiger partial charge in [0.15, 0.2) is 0 Å². The van der Waals surface area contributed by atoms with Crippen LogP contribution in [0.2, 0.25) is 0 Å². The fraction of sp³-hybridized carbons (Fsp3) is 0.393. The second-order valence-electron chi connectivity index (χ2n) is 9.77. The molecule has 10 nitrogen and oxygen atoms in total. The Labute approximate surface area is 223 Å². The number of nitrogens with zero attached hydrogens (tertiary/aromatic N) is 5. The Kier molecular flexibility index (Phi) is 7.78. The maximum Gasteiger partial charge on any atom is 0.319 e. The highest BCUT2D eigenvalue weighted by atomic mass is 16.5. The number of hydrogen-bond donors (Lipinski definition) is 2. The molecule has 0 saturated carbocycles. The molecule has 5 rings (SSSR count). The summed E-state index contributed by atoms with van der Waals surface area (Å²) in [6, 6.07) is 15.9. The predicted molar refractivity (Wildman–Crippen MR) is 149 cm³/mol. The van der Waals surface area contributed by atoms with E-state index in [4.69, 9.17) is 15.2 Å². The van der Waals surface area contributed by atoms with Crippen LogP contribution in [0.25, 0.3) is 11.3 Å². The van der Waals surface area contributed by atoms with Crippen molar-refractivity contribution in [2.75, 3.05) is 69.4 Å². The fourth-order valence-corrected chi connectivity index (χ4v) is 4.73. The highest BCUT2D eigenvalue weighted by Gasteiger charge is 2.25. The molecule has 2 aliphatic heterocycles. The molecule has 2 amide bonds. The van der Waals surface area contributed by atoms with E-state index in [1.54, 1.807) is 25.2 Å². The minimum Gasteiger partial charge on any atom is -0.488 e. The van der Waals surface area contributed by atoms with Crippen molar-refractivity contribution in [2.45, 2.75) is 18.9 Å². The van der Waals surface area contributed by atoms with E-state index in [1.165, 1.54) is 5.69 Å². The van der Waals surface area contributed by atoms with Crippen molar-refractivity contribution < 1.29 is 14.3 Å². The Hall–Kier alpha value is -4.05. The van der Waals surface area contributed by atoms with Crippen LogP contribution in [0.15, 0.2) is 54.7 Å². The molecule has 200 valence electrons. The van der Waals surface area contributed by atoms with Gasteiger partial charge < -0.3 is 35.2 Å². The summed E-state index contributed by atoms with van der Waals surface area (Å²) in [4.78, 5) is 27.0. The van der Waals surface area contributed by atoms with Gasteiger partial charge in [0.2, 0.25) is 5.95 Å². The number of nitrogens with two attached hydrogens (primary N) is 1. The van der Waals surface area contributed by atoms with Crippen molar-refractivity contribution in [1.29, 1.82) is 0 Å². The molecule has 2 aromatic carbocycles. The number of carbonyl (C=O) groups excluding carboxylic acids is 1. The van der Waals surface area contributed by atoms with Crippen LogP contribution in [0.3, 0.4) is 0 Å². The summed E-state index contributed by atoms with van der Waals surface area (Å²) in [5.74, 6) is 1.17. The largest absolute Gasteiger partial charge is 0.488 e. The first kappa shape index (κ1) is 25.6. The van der Waals surface area contributed by atoms with Crippen LogP contribution in [0, 0.1) is 0 Å². The Bertz CT molecular complexity index is 1240. The van der Waals surface area contributed by atoms with Gasteiger partial charge in [0.25, 0.3) is 0 Å². The van der Waals surface area contributed by atoms with Gasteiger partial charge in [0.05, 0.1) is 24.6 Å². The van der Waals surface area contributed by atoms with Crippen LogP contribution in [-0.2, 0) is 4.74 Å². The number of hydrogen-bond acceptors (Lipinski definition) is 8. The van der Waals surface area contributed by atoms with Gasteiger partial charge in [-0.05, 0) is 48.5 Å². The summed E-state index contributed by atoms with van der Waals surface area (Å²) in [7, 11) is 3.54. The Morgan fingerprint density at radius 3 is 2.47 bits per heavy atom. The van der Waals surface area contributed by atoms with Crippen molar-refractivity contribution in [3.8, 4) is 17.0 Å². The number of anilines is 4. The normalized spacial score (nSPS) is 16.3. The minimum atomic E-state index is 0.0267. The third-order valence-electron chi connectivity index (χ3n) is 6.85. The topological polar surface area (TPSA) is 109 Å². The molecule has 0 atom stereocenters. The van der Waals surface area contributed by atoms with Gasteiger partial charge in [-0.1, -0.05) is 0 Å². The molecule has 0 radical (unpaired) electrons. The quantitative estimate of drug-likeness (QED) is 0.475. The Balaban J connectivity index is 1.20. The second kappa shape index (κ2) is 11.6. The molecule has 0 bridgehead atoms. The zero-order valence-corrected chi connectivity index (χ0v) is 22.0. The number of carbonyl (C=O) groups is 1. The van der Waals surface area contributed by atoms with Crippen molar-refractivity contribution >= 4 is 29.0 Å². The van der Waals surface area contributed by atoms with Crippen LogP contribution in [0.4, 0.5) is 27.8 Å². The summed E-state index contributed by atoms with van der Waals surface area (Å²) >= 11 is 0. The molecule has 3 heterocycles. The number of likely N-dealkylation sites (tertiary alicyclic amines) is 1. The lowest BCUT2D eigenvalue weighted by Gasteiger charge is -2.33. The van der Waals surface area contributed by atoms with E-state index < -0.39 is 0 Å². The summed E-state index contributed by atoms with van der Waals surface area (Å²) in [5, 5.41) is 3.29. The van der Waals surface area contributed by atoms with Crippen LogP contribution in [0.5, 0.6) is 5.75 Å². The van der Waals surface area contributed by atoms with E-state index in [0.717, 1.165) is 56.1 Å². The minimum absolute atomic E-state index is 0.0267. The van der Waals surface area contributed by atoms with Crippen LogP contribution in [0.1, 0.15) is 12.8 Å². The number of urea groups is 1. The SMILES string of the molecule is CN(C)C(=O)N1CCC(Oc2ccc(-c3ccnc(Nc4ccc(N5CCOCC5)cc4)n3)cc2N)CC1. The molecule has 1 aromatic heterocycles. The van der Waals surface area contributed by atoms with E-state index in [2.05, 4.69) is 32.3 Å². The fourth-order valence-electron chi connectivity index (χ4n) is 4.73. The first-order valence-electron chi connectivity index (χ1n) is 13.0. The zero-order chi connectivity index (χ0) is 26.5. The van der Waals surface area contributed by atoms with E-state index in [0.29, 0.717) is 30.5 Å². The summed E-state index contributed by atoms with van der Waals surface area (Å²) in [6.07, 6.45) is 3.30. The highest BCUT2D eigenvalue weighted by molar-refractivity contribution is 5.74. The lowest BCUT2D eigenvalue weighted by molar-refractivity contribution is 0.102. The van der Waals surface area contributed by atoms with Gasteiger partial charge in [-0.15, -0.1) is 0 Å². The number of nitrogen functional groups attached to an aromatic ring is 1. The molecule has 0 unspecified atom stereocenters. The molecule has 3 aromatic rings. The maximum absolute atomic E-state index is 12.2. The standard InChI is InChI=1S/C28H35N7O3/c1-33(2)28(36)35-13-10-23(11-14-35)38-26-8-3-20(19-24(26)29)25-9-12-30-27(32-25)31-21-4-6-22(7-5-21)34-15-17-37-18-16-34/h3-9,12,19,23H,10-11,13-18,29H2,1-2H3,(H,30,31,32). The molecule has 2 aliphatic rings. The van der Waals surface area contributed by atoms with Gasteiger partial charge in [-0.3, -0.25) is 0 Å². The zero-order valence-electron chi connectivity index (χ0n) is 22.0. The molecule has 0 aliphatic carbocycles. The molecule has 0 spiro atoms. The van der Waals surface area contributed by atoms with Gasteiger partial charge in [-0.2, -0.15) is 0 Å². The summed E-state index contributed by atoms with van der Waals surface area (Å²) < 4.78 is 11.6. The third-order valence-corrected chi connectivity index (χ3v) is 6.85. The second-order valence-corrected chi connectivity index (χ2v) is 9.77. The van der Waals surface area contributed by atoms with E-state index in [9.17, 15) is 4.79 Å². The lowest BCUT2D eigenvalue weighted by Crippen LogP contribution is -2.46. The van der Waals surface area contributed by atoms with Crippen molar-refractivity contribution in [3.63, 3.8) is 0 Å². The van der Waals surface area contributed by atoms with Crippen molar-refractivity contribution in [2.24, 2.45) is 0 Å². The summed E-state index contributed by atoms with van der Waals surface area (Å²) in [6.45, 7) is 4.68. The average molecular weight is 518 g/mol. The first-order chi connectivity index (χ1) is 18.5. The maximum atomic E-state index is 12.2. The average Bonchev–Trinajstić information content (AvgIpc) is 2.95. The molecule has 2 saturated heterocycles. The molecular weight excluding hydrogens is 482 g/mol. The molecule has 38 heavy (non-hydrogen) atoms. The summed E-state index contributed by atoms with van der Waals surface area (Å²) in [5.41, 5.74) is 10.7. The Morgan fingerprint density at radius 2 is 1.79 bits per heavy atom. The number of morpholine rings is 1. The highest BCUT2D eigenvalue weighted by Crippen LogP contribution is 2.30. The van der Waals surface area contributed by atoms with E-state index in [1.807, 2.05) is 41.3 Å². The number of rotatable bonds is 6. The number of amides is 2. The number of ether oxygens (including phenoxy) is 2. The number of piperidine rings is 1. The van der Waals surface area contributed by atoms with Crippen LogP contribution >= 0.6 is 0 Å². The molecule has 3 N–H and O–H groups in total. The van der Waals surface area contributed by atoms with Gasteiger partial charge >= 0.3 is 6.03 Å².